The molecule has 0 aliphatic carbocycles. The normalized spacial score (nSPS) is 13.9. The molecule has 112 valence electrons. The number of rotatable bonds is 6. The third-order valence-electron chi connectivity index (χ3n) is 3.74. The highest BCUT2D eigenvalue weighted by atomic mass is 79.9. The molecule has 1 nitrogen and oxygen atoms in total. The van der Waals surface area contributed by atoms with E-state index >= 15 is 0 Å². The van der Waals surface area contributed by atoms with Gasteiger partial charge in [0.1, 0.15) is 5.82 Å². The Balaban J connectivity index is 2.31. The predicted molar refractivity (Wildman–Crippen MR) is 90.0 cm³/mol. The Morgan fingerprint density at radius 1 is 1.10 bits per heavy atom. The first-order chi connectivity index (χ1) is 10.1. The largest absolute Gasteiger partial charge is 0.309 e. The van der Waals surface area contributed by atoms with Crippen molar-refractivity contribution in [1.29, 1.82) is 0 Å². The molecule has 2 aromatic carbocycles. The van der Waals surface area contributed by atoms with Crippen LogP contribution in [0.15, 0.2) is 53.0 Å². The van der Waals surface area contributed by atoms with E-state index in [0.29, 0.717) is 10.4 Å². The summed E-state index contributed by atoms with van der Waals surface area (Å²) in [6.07, 6.45) is 1.07. The second kappa shape index (κ2) is 7.71. The molecule has 0 fully saturated rings. The Labute approximate surface area is 134 Å². The molecular formula is C18H21BrFN. The van der Waals surface area contributed by atoms with Gasteiger partial charge in [0.05, 0.1) is 4.47 Å². The molecule has 0 aromatic heterocycles. The van der Waals surface area contributed by atoms with Gasteiger partial charge in [0.25, 0.3) is 0 Å². The Morgan fingerprint density at radius 3 is 2.43 bits per heavy atom. The van der Waals surface area contributed by atoms with Crippen LogP contribution < -0.4 is 5.32 Å². The summed E-state index contributed by atoms with van der Waals surface area (Å²) in [6, 6.07) is 15.9. The van der Waals surface area contributed by atoms with Crippen LogP contribution in [0.4, 0.5) is 4.39 Å². The summed E-state index contributed by atoms with van der Waals surface area (Å²) in [6.45, 7) is 5.30. The van der Waals surface area contributed by atoms with E-state index in [0.717, 1.165) is 18.5 Å². The minimum Gasteiger partial charge on any atom is -0.309 e. The van der Waals surface area contributed by atoms with Crippen LogP contribution in [-0.4, -0.2) is 6.54 Å². The van der Waals surface area contributed by atoms with Gasteiger partial charge in [0.15, 0.2) is 0 Å². The van der Waals surface area contributed by atoms with Crippen molar-refractivity contribution in [3.05, 3.63) is 69.9 Å². The number of benzene rings is 2. The van der Waals surface area contributed by atoms with Gasteiger partial charge in [-0.15, -0.1) is 0 Å². The maximum absolute atomic E-state index is 13.5. The molecule has 2 rings (SSSR count). The fourth-order valence-electron chi connectivity index (χ4n) is 2.54. The van der Waals surface area contributed by atoms with Gasteiger partial charge >= 0.3 is 0 Å². The number of hydrogen-bond acceptors (Lipinski definition) is 1. The van der Waals surface area contributed by atoms with E-state index in [9.17, 15) is 4.39 Å². The molecule has 0 amide bonds. The van der Waals surface area contributed by atoms with Gasteiger partial charge in [-0.25, -0.2) is 4.39 Å². The Hall–Kier alpha value is -1.19. The summed E-state index contributed by atoms with van der Waals surface area (Å²) in [4.78, 5) is 0. The van der Waals surface area contributed by atoms with E-state index < -0.39 is 0 Å². The van der Waals surface area contributed by atoms with E-state index in [1.807, 2.05) is 18.2 Å². The molecule has 0 aliphatic heterocycles. The molecule has 0 radical (unpaired) electrons. The fraction of sp³-hybridized carbons (Fsp3) is 0.333. The summed E-state index contributed by atoms with van der Waals surface area (Å²) < 4.78 is 14.0. The summed E-state index contributed by atoms with van der Waals surface area (Å²) in [5, 5.41) is 3.59. The second-order valence-electron chi connectivity index (χ2n) is 5.30. The first kappa shape index (κ1) is 16.2. The Morgan fingerprint density at radius 2 is 1.81 bits per heavy atom. The zero-order chi connectivity index (χ0) is 15.2. The molecule has 2 unspecified atom stereocenters. The second-order valence-corrected chi connectivity index (χ2v) is 6.16. The minimum absolute atomic E-state index is 0.171. The molecule has 0 heterocycles. The molecule has 3 heteroatoms. The fourth-order valence-corrected chi connectivity index (χ4v) is 2.93. The van der Waals surface area contributed by atoms with E-state index in [1.165, 1.54) is 11.6 Å². The quantitative estimate of drug-likeness (QED) is 0.732. The van der Waals surface area contributed by atoms with E-state index in [2.05, 4.69) is 59.4 Å². The maximum atomic E-state index is 13.5. The topological polar surface area (TPSA) is 12.0 Å². The van der Waals surface area contributed by atoms with Crippen molar-refractivity contribution in [3.63, 3.8) is 0 Å². The molecule has 21 heavy (non-hydrogen) atoms. The summed E-state index contributed by atoms with van der Waals surface area (Å²) in [5.41, 5.74) is 2.39. The van der Waals surface area contributed by atoms with Crippen molar-refractivity contribution in [2.24, 2.45) is 0 Å². The number of nitrogens with one attached hydrogen (secondary N) is 1. The van der Waals surface area contributed by atoms with Crippen LogP contribution in [0, 0.1) is 5.82 Å². The van der Waals surface area contributed by atoms with E-state index in [-0.39, 0.29) is 11.9 Å². The van der Waals surface area contributed by atoms with Crippen LogP contribution in [0.1, 0.15) is 43.4 Å². The van der Waals surface area contributed by atoms with Gasteiger partial charge in [-0.05, 0) is 52.2 Å². The Bertz CT molecular complexity index is 571. The van der Waals surface area contributed by atoms with Crippen molar-refractivity contribution in [2.45, 2.75) is 32.2 Å². The summed E-state index contributed by atoms with van der Waals surface area (Å²) >= 11 is 3.29. The van der Waals surface area contributed by atoms with Gasteiger partial charge in [-0.2, -0.15) is 0 Å². The van der Waals surface area contributed by atoms with Gasteiger partial charge in [-0.3, -0.25) is 0 Å². The first-order valence-corrected chi connectivity index (χ1v) is 8.16. The molecule has 0 bridgehead atoms. The zero-order valence-corrected chi connectivity index (χ0v) is 14.0. The highest BCUT2D eigenvalue weighted by molar-refractivity contribution is 9.10. The highest BCUT2D eigenvalue weighted by Crippen LogP contribution is 2.32. The monoisotopic (exact) mass is 349 g/mol. The predicted octanol–water partition coefficient (Wildman–Crippen LogP) is 5.43. The molecule has 0 saturated heterocycles. The van der Waals surface area contributed by atoms with Crippen molar-refractivity contribution in [2.75, 3.05) is 6.54 Å². The van der Waals surface area contributed by atoms with Crippen molar-refractivity contribution >= 4 is 15.9 Å². The van der Waals surface area contributed by atoms with E-state index in [4.69, 9.17) is 0 Å². The molecule has 1 N–H and O–H groups in total. The smallest absolute Gasteiger partial charge is 0.137 e. The van der Waals surface area contributed by atoms with Crippen molar-refractivity contribution in [1.82, 2.24) is 5.32 Å². The number of halogens is 2. The average molecular weight is 350 g/mol. The summed E-state index contributed by atoms with van der Waals surface area (Å²) in [5.74, 6) is 0.0930. The molecule has 0 saturated carbocycles. The first-order valence-electron chi connectivity index (χ1n) is 7.36. The van der Waals surface area contributed by atoms with Crippen LogP contribution in [0.25, 0.3) is 0 Å². The molecule has 2 atom stereocenters. The zero-order valence-electron chi connectivity index (χ0n) is 12.4. The van der Waals surface area contributed by atoms with Crippen LogP contribution in [0.3, 0.4) is 0 Å². The molecular weight excluding hydrogens is 329 g/mol. The van der Waals surface area contributed by atoms with E-state index in [1.54, 1.807) is 0 Å². The molecule has 2 aromatic rings. The lowest BCUT2D eigenvalue weighted by molar-refractivity contribution is 0.465. The van der Waals surface area contributed by atoms with Crippen molar-refractivity contribution in [3.8, 4) is 0 Å². The minimum atomic E-state index is -0.222. The Kier molecular flexibility index (Phi) is 5.95. The standard InChI is InChI=1S/C18H21BrFN/c1-3-11-21-18(13(2)14-7-5-4-6-8-14)15-9-10-17(20)16(19)12-15/h4-10,12-13,18,21H,3,11H2,1-2H3. The van der Waals surface area contributed by atoms with Crippen LogP contribution >= 0.6 is 15.9 Å². The van der Waals surface area contributed by atoms with Crippen molar-refractivity contribution < 1.29 is 4.39 Å². The third-order valence-corrected chi connectivity index (χ3v) is 4.35. The van der Waals surface area contributed by atoms with Gasteiger partial charge in [-0.1, -0.05) is 50.2 Å². The highest BCUT2D eigenvalue weighted by Gasteiger charge is 2.20. The van der Waals surface area contributed by atoms with Crippen LogP contribution in [-0.2, 0) is 0 Å². The average Bonchev–Trinajstić information content (AvgIpc) is 2.51. The lowest BCUT2D eigenvalue weighted by Crippen LogP contribution is -2.26. The molecule has 0 spiro atoms. The maximum Gasteiger partial charge on any atom is 0.137 e. The van der Waals surface area contributed by atoms with Crippen LogP contribution in [0.5, 0.6) is 0 Å². The van der Waals surface area contributed by atoms with Gasteiger partial charge < -0.3 is 5.32 Å². The van der Waals surface area contributed by atoms with Crippen LogP contribution in [0.2, 0.25) is 0 Å². The SMILES string of the molecule is CCCNC(c1ccc(F)c(Br)c1)C(C)c1ccccc1. The molecule has 0 aliphatic rings. The van der Waals surface area contributed by atoms with Gasteiger partial charge in [0, 0.05) is 12.0 Å². The lowest BCUT2D eigenvalue weighted by Gasteiger charge is -2.26. The summed E-state index contributed by atoms with van der Waals surface area (Å²) in [7, 11) is 0. The lowest BCUT2D eigenvalue weighted by atomic mass is 9.88. The van der Waals surface area contributed by atoms with Gasteiger partial charge in [0.2, 0.25) is 0 Å². The third kappa shape index (κ3) is 4.14. The number of hydrogen-bond donors (Lipinski definition) is 1.